The molecule has 21 heavy (non-hydrogen) atoms. The van der Waals surface area contributed by atoms with Gasteiger partial charge in [-0.15, -0.1) is 0 Å². The summed E-state index contributed by atoms with van der Waals surface area (Å²) in [7, 11) is 0. The second kappa shape index (κ2) is 5.98. The molecular weight excluding hydrogens is 322 g/mol. The van der Waals surface area contributed by atoms with Crippen LogP contribution >= 0.6 is 15.9 Å². The van der Waals surface area contributed by atoms with Gasteiger partial charge < -0.3 is 0 Å². The minimum Gasteiger partial charge on any atom is -0.256 e. The van der Waals surface area contributed by atoms with E-state index in [2.05, 4.69) is 77.2 Å². The quantitative estimate of drug-likeness (QED) is 0.539. The van der Waals surface area contributed by atoms with Crippen molar-refractivity contribution in [1.29, 1.82) is 0 Å². The van der Waals surface area contributed by atoms with Crippen LogP contribution in [0.3, 0.4) is 0 Å². The summed E-state index contributed by atoms with van der Waals surface area (Å²) in [5, 5.41) is 2.08. The molecule has 0 fully saturated rings. The zero-order chi connectivity index (χ0) is 14.8. The molecule has 2 aromatic carbocycles. The second-order valence-corrected chi connectivity index (χ2v) is 6.19. The minimum absolute atomic E-state index is 0.507. The van der Waals surface area contributed by atoms with E-state index in [4.69, 9.17) is 0 Å². The monoisotopic (exact) mass is 339 g/mol. The third-order valence-corrected chi connectivity index (χ3v) is 4.43. The normalized spacial score (nSPS) is 11.2. The van der Waals surface area contributed by atoms with E-state index in [-0.39, 0.29) is 0 Å². The van der Waals surface area contributed by atoms with Crippen LogP contribution in [0, 0.1) is 0 Å². The number of halogens is 1. The molecular formula is C19H18BrN. The summed E-state index contributed by atoms with van der Waals surface area (Å²) in [6, 6.07) is 17.3. The van der Waals surface area contributed by atoms with Gasteiger partial charge in [0.15, 0.2) is 0 Å². The van der Waals surface area contributed by atoms with Crippen molar-refractivity contribution in [1.82, 2.24) is 4.98 Å². The lowest BCUT2D eigenvalue weighted by atomic mass is 9.93. The van der Waals surface area contributed by atoms with Gasteiger partial charge in [0, 0.05) is 22.5 Å². The van der Waals surface area contributed by atoms with Crippen LogP contribution in [0.25, 0.3) is 22.0 Å². The molecule has 1 aromatic heterocycles. The molecule has 0 N–H and O–H groups in total. The maximum Gasteiger partial charge on any atom is 0.0780 e. The fourth-order valence-electron chi connectivity index (χ4n) is 2.59. The van der Waals surface area contributed by atoms with Gasteiger partial charge in [0.2, 0.25) is 0 Å². The average Bonchev–Trinajstić information content (AvgIpc) is 2.53. The Kier molecular flexibility index (Phi) is 4.07. The molecule has 0 aliphatic heterocycles. The molecule has 0 unspecified atom stereocenters. The van der Waals surface area contributed by atoms with Gasteiger partial charge in [0.1, 0.15) is 0 Å². The van der Waals surface area contributed by atoms with Crippen molar-refractivity contribution < 1.29 is 0 Å². The average molecular weight is 340 g/mol. The third kappa shape index (κ3) is 2.86. The molecule has 0 saturated heterocycles. The van der Waals surface area contributed by atoms with Gasteiger partial charge in [-0.05, 0) is 40.8 Å². The summed E-state index contributed by atoms with van der Waals surface area (Å²) in [6.07, 6.45) is 1.87. The zero-order valence-corrected chi connectivity index (χ0v) is 13.9. The van der Waals surface area contributed by atoms with Gasteiger partial charge in [-0.1, -0.05) is 60.1 Å². The minimum atomic E-state index is 0.507. The van der Waals surface area contributed by atoms with E-state index < -0.39 is 0 Å². The molecule has 0 aliphatic carbocycles. The van der Waals surface area contributed by atoms with Crippen molar-refractivity contribution in [2.75, 3.05) is 0 Å². The number of pyridine rings is 1. The third-order valence-electron chi connectivity index (χ3n) is 3.79. The Labute approximate surface area is 134 Å². The highest BCUT2D eigenvalue weighted by Crippen LogP contribution is 2.32. The summed E-state index contributed by atoms with van der Waals surface area (Å²) in [5.74, 6) is 0.507. The molecule has 106 valence electrons. The first-order valence-electron chi connectivity index (χ1n) is 7.23. The van der Waals surface area contributed by atoms with Crippen LogP contribution in [0.2, 0.25) is 0 Å². The molecule has 0 amide bonds. The Hall–Kier alpha value is -1.67. The van der Waals surface area contributed by atoms with Gasteiger partial charge in [-0.2, -0.15) is 0 Å². The lowest BCUT2D eigenvalue weighted by molar-refractivity contribution is 0.869. The van der Waals surface area contributed by atoms with E-state index >= 15 is 0 Å². The lowest BCUT2D eigenvalue weighted by Crippen LogP contribution is -1.92. The van der Waals surface area contributed by atoms with E-state index in [1.165, 1.54) is 27.6 Å². The molecule has 3 rings (SSSR count). The van der Waals surface area contributed by atoms with Crippen LogP contribution in [0.5, 0.6) is 0 Å². The summed E-state index contributed by atoms with van der Waals surface area (Å²) < 4.78 is 0. The molecule has 1 nitrogen and oxygen atoms in total. The lowest BCUT2D eigenvalue weighted by Gasteiger charge is -2.13. The SMILES string of the molecule is CC(C)c1cc(-c2cccc(CBr)c2)c2ncccc2c1. The molecule has 0 spiro atoms. The predicted molar refractivity (Wildman–Crippen MR) is 93.9 cm³/mol. The molecule has 1 heterocycles. The summed E-state index contributed by atoms with van der Waals surface area (Å²) >= 11 is 3.54. The van der Waals surface area contributed by atoms with Gasteiger partial charge in [0.25, 0.3) is 0 Å². The molecule has 0 bridgehead atoms. The van der Waals surface area contributed by atoms with Crippen LogP contribution in [0.4, 0.5) is 0 Å². The van der Waals surface area contributed by atoms with E-state index in [9.17, 15) is 0 Å². The Morgan fingerprint density at radius 2 is 1.90 bits per heavy atom. The van der Waals surface area contributed by atoms with Crippen molar-refractivity contribution in [3.8, 4) is 11.1 Å². The van der Waals surface area contributed by atoms with Crippen LogP contribution in [-0.4, -0.2) is 4.98 Å². The molecule has 0 atom stereocenters. The Bertz CT molecular complexity index is 777. The highest BCUT2D eigenvalue weighted by atomic mass is 79.9. The Morgan fingerprint density at radius 1 is 1.05 bits per heavy atom. The first kappa shape index (κ1) is 14.3. The Balaban J connectivity index is 2.28. The molecule has 0 saturated carbocycles. The van der Waals surface area contributed by atoms with E-state index in [0.717, 1.165) is 10.8 Å². The maximum absolute atomic E-state index is 4.60. The number of fused-ring (bicyclic) bond motifs is 1. The summed E-state index contributed by atoms with van der Waals surface area (Å²) in [6.45, 7) is 4.46. The number of nitrogens with zero attached hydrogens (tertiary/aromatic N) is 1. The first-order valence-corrected chi connectivity index (χ1v) is 8.35. The highest BCUT2D eigenvalue weighted by Gasteiger charge is 2.10. The number of hydrogen-bond acceptors (Lipinski definition) is 1. The van der Waals surface area contributed by atoms with Crippen molar-refractivity contribution in [2.45, 2.75) is 25.1 Å². The molecule has 0 radical (unpaired) electrons. The largest absolute Gasteiger partial charge is 0.256 e. The smallest absolute Gasteiger partial charge is 0.0780 e. The van der Waals surface area contributed by atoms with Crippen molar-refractivity contribution in [2.24, 2.45) is 0 Å². The first-order chi connectivity index (χ1) is 10.2. The van der Waals surface area contributed by atoms with Crippen molar-refractivity contribution in [3.05, 3.63) is 65.9 Å². The van der Waals surface area contributed by atoms with E-state index in [0.29, 0.717) is 5.92 Å². The number of benzene rings is 2. The second-order valence-electron chi connectivity index (χ2n) is 5.63. The van der Waals surface area contributed by atoms with Gasteiger partial charge in [-0.25, -0.2) is 0 Å². The number of hydrogen-bond donors (Lipinski definition) is 0. The highest BCUT2D eigenvalue weighted by molar-refractivity contribution is 9.08. The van der Waals surface area contributed by atoms with Gasteiger partial charge in [-0.3, -0.25) is 4.98 Å². The van der Waals surface area contributed by atoms with Crippen molar-refractivity contribution >= 4 is 26.8 Å². The summed E-state index contributed by atoms with van der Waals surface area (Å²) in [5.41, 5.74) is 6.17. The Morgan fingerprint density at radius 3 is 2.67 bits per heavy atom. The van der Waals surface area contributed by atoms with Crippen LogP contribution in [0.1, 0.15) is 30.9 Å². The molecule has 0 aliphatic rings. The van der Waals surface area contributed by atoms with E-state index in [1.54, 1.807) is 0 Å². The fourth-order valence-corrected chi connectivity index (χ4v) is 2.94. The standard InChI is InChI=1S/C19H18BrN/c1-13(2)17-10-16-7-4-8-21-19(16)18(11-17)15-6-3-5-14(9-15)12-20/h3-11,13H,12H2,1-2H3. The zero-order valence-electron chi connectivity index (χ0n) is 12.3. The maximum atomic E-state index is 4.60. The van der Waals surface area contributed by atoms with E-state index in [1.807, 2.05) is 12.3 Å². The van der Waals surface area contributed by atoms with Crippen LogP contribution in [0.15, 0.2) is 54.7 Å². The van der Waals surface area contributed by atoms with Crippen LogP contribution in [-0.2, 0) is 5.33 Å². The molecule has 3 aromatic rings. The fraction of sp³-hybridized carbons (Fsp3) is 0.211. The number of alkyl halides is 1. The number of aromatic nitrogens is 1. The topological polar surface area (TPSA) is 12.9 Å². The van der Waals surface area contributed by atoms with Crippen molar-refractivity contribution in [3.63, 3.8) is 0 Å². The summed E-state index contributed by atoms with van der Waals surface area (Å²) in [4.78, 5) is 4.60. The van der Waals surface area contributed by atoms with Gasteiger partial charge in [0.05, 0.1) is 5.52 Å². The van der Waals surface area contributed by atoms with Crippen LogP contribution < -0.4 is 0 Å². The number of rotatable bonds is 3. The predicted octanol–water partition coefficient (Wildman–Crippen LogP) is 5.92. The molecule has 2 heteroatoms. The van der Waals surface area contributed by atoms with Gasteiger partial charge >= 0.3 is 0 Å².